The van der Waals surface area contributed by atoms with E-state index in [2.05, 4.69) is 9.97 Å². The second-order valence-electron chi connectivity index (χ2n) is 5.77. The second-order valence-corrected chi connectivity index (χ2v) is 6.53. The second kappa shape index (κ2) is 9.80. The van der Waals surface area contributed by atoms with Gasteiger partial charge in [0.05, 0.1) is 11.9 Å². The van der Waals surface area contributed by atoms with Crippen LogP contribution >= 0.6 is 23.2 Å². The van der Waals surface area contributed by atoms with E-state index >= 15 is 0 Å². The molecule has 0 aliphatic heterocycles. The third kappa shape index (κ3) is 5.10. The first-order valence-corrected chi connectivity index (χ1v) is 9.51. The number of nitrogens with zero attached hydrogens (tertiary/aromatic N) is 3. The molecule has 0 N–H and O–H groups in total. The van der Waals surface area contributed by atoms with Gasteiger partial charge in [-0.3, -0.25) is 14.3 Å². The third-order valence-electron chi connectivity index (χ3n) is 3.83. The fraction of sp³-hybridized carbons (Fsp3) is 0.250. The lowest BCUT2D eigenvalue weighted by molar-refractivity contribution is 0.292. The number of ether oxygens (including phenoxy) is 1. The van der Waals surface area contributed by atoms with Gasteiger partial charge in [0.1, 0.15) is 34.0 Å². The van der Waals surface area contributed by atoms with Crippen LogP contribution in [0.3, 0.4) is 0 Å². The van der Waals surface area contributed by atoms with Crippen molar-refractivity contribution in [3.8, 4) is 11.4 Å². The lowest BCUT2D eigenvalue weighted by Crippen LogP contribution is -2.22. The Morgan fingerprint density at radius 2 is 1.76 bits per heavy atom. The lowest BCUT2D eigenvalue weighted by Gasteiger charge is -2.16. The molecule has 29 heavy (non-hydrogen) atoms. The summed E-state index contributed by atoms with van der Waals surface area (Å²) < 4.78 is 33.4. The number of pyridine rings is 3. The first kappa shape index (κ1) is 22.8. The number of hydrogen-bond acceptors (Lipinski definition) is 4. The SMILES string of the molecule is CC.Cc1cnc(Cl)cc1-n1c(C)cc(OCc2ncc(F)cc2F)c(Cl)c1=O. The van der Waals surface area contributed by atoms with E-state index < -0.39 is 17.2 Å². The maximum absolute atomic E-state index is 13.7. The zero-order valence-corrected chi connectivity index (χ0v) is 17.8. The summed E-state index contributed by atoms with van der Waals surface area (Å²) in [7, 11) is 0. The zero-order valence-electron chi connectivity index (χ0n) is 16.3. The molecular weight excluding hydrogens is 423 g/mol. The Labute approximate surface area is 176 Å². The summed E-state index contributed by atoms with van der Waals surface area (Å²) in [6.45, 7) is 7.16. The summed E-state index contributed by atoms with van der Waals surface area (Å²) >= 11 is 12.1. The average Bonchev–Trinajstić information content (AvgIpc) is 2.69. The predicted octanol–water partition coefficient (Wildman–Crippen LogP) is 5.43. The summed E-state index contributed by atoms with van der Waals surface area (Å²) in [4.78, 5) is 20.3. The van der Waals surface area contributed by atoms with E-state index in [0.29, 0.717) is 17.4 Å². The van der Waals surface area contributed by atoms with Gasteiger partial charge >= 0.3 is 0 Å². The van der Waals surface area contributed by atoms with Crippen molar-refractivity contribution in [1.29, 1.82) is 0 Å². The maximum Gasteiger partial charge on any atom is 0.277 e. The van der Waals surface area contributed by atoms with E-state index in [-0.39, 0.29) is 28.2 Å². The van der Waals surface area contributed by atoms with Crippen molar-refractivity contribution in [1.82, 2.24) is 14.5 Å². The van der Waals surface area contributed by atoms with Crippen LogP contribution in [-0.2, 0) is 6.61 Å². The predicted molar refractivity (Wildman–Crippen MR) is 109 cm³/mol. The first-order chi connectivity index (χ1) is 13.8. The number of hydrogen-bond donors (Lipinski definition) is 0. The van der Waals surface area contributed by atoms with Crippen molar-refractivity contribution in [2.45, 2.75) is 34.3 Å². The van der Waals surface area contributed by atoms with Crippen molar-refractivity contribution >= 4 is 23.2 Å². The van der Waals surface area contributed by atoms with Gasteiger partial charge in [-0.25, -0.2) is 13.8 Å². The van der Waals surface area contributed by atoms with Crippen LogP contribution in [0.25, 0.3) is 5.69 Å². The van der Waals surface area contributed by atoms with Gasteiger partial charge < -0.3 is 4.74 Å². The van der Waals surface area contributed by atoms with E-state index in [1.54, 1.807) is 32.2 Å². The number of aromatic nitrogens is 3. The topological polar surface area (TPSA) is 57.0 Å². The van der Waals surface area contributed by atoms with Crippen LogP contribution in [0.1, 0.15) is 30.8 Å². The summed E-state index contributed by atoms with van der Waals surface area (Å²) in [5, 5.41) is 0.0478. The van der Waals surface area contributed by atoms with Gasteiger partial charge in [-0.1, -0.05) is 37.0 Å². The Kier molecular flexibility index (Phi) is 7.70. The minimum atomic E-state index is -0.849. The zero-order chi connectivity index (χ0) is 21.7. The fourth-order valence-electron chi connectivity index (χ4n) is 2.51. The van der Waals surface area contributed by atoms with Crippen LogP contribution in [0.2, 0.25) is 10.2 Å². The van der Waals surface area contributed by atoms with Crippen LogP contribution in [0.15, 0.2) is 35.4 Å². The molecule has 0 fully saturated rings. The highest BCUT2D eigenvalue weighted by atomic mass is 35.5. The Bertz CT molecular complexity index is 1090. The Hall–Kier alpha value is -2.51. The Balaban J connectivity index is 0.00000145. The van der Waals surface area contributed by atoms with Crippen LogP contribution in [-0.4, -0.2) is 14.5 Å². The molecule has 3 aromatic heterocycles. The summed E-state index contributed by atoms with van der Waals surface area (Å²) in [5.41, 5.74) is 1.16. The highest BCUT2D eigenvalue weighted by Gasteiger charge is 2.16. The lowest BCUT2D eigenvalue weighted by atomic mass is 10.2. The van der Waals surface area contributed by atoms with E-state index in [0.717, 1.165) is 11.8 Å². The minimum absolute atomic E-state index is 0.0683. The largest absolute Gasteiger partial charge is 0.485 e. The molecule has 0 atom stereocenters. The summed E-state index contributed by atoms with van der Waals surface area (Å²) in [6, 6.07) is 3.80. The van der Waals surface area contributed by atoms with Crippen molar-refractivity contribution < 1.29 is 13.5 Å². The first-order valence-electron chi connectivity index (χ1n) is 8.75. The standard InChI is InChI=1S/C18H13Cl2F2N3O2.C2H6/c1-9-6-24-16(19)5-14(9)25-10(2)3-15(17(20)18(25)26)27-8-13-12(22)4-11(21)7-23-13;1-2/h3-7H,8H2,1-2H3;1-2H3. The van der Waals surface area contributed by atoms with Gasteiger partial charge in [-0.05, 0) is 25.5 Å². The molecule has 0 bridgehead atoms. The average molecular weight is 442 g/mol. The quantitative estimate of drug-likeness (QED) is 0.506. The molecule has 0 aliphatic rings. The van der Waals surface area contributed by atoms with Crippen LogP contribution < -0.4 is 10.3 Å². The highest BCUT2D eigenvalue weighted by molar-refractivity contribution is 6.32. The smallest absolute Gasteiger partial charge is 0.277 e. The molecule has 3 heterocycles. The molecule has 3 aromatic rings. The normalized spacial score (nSPS) is 10.3. The molecule has 0 amide bonds. The van der Waals surface area contributed by atoms with Crippen molar-refractivity contribution in [3.63, 3.8) is 0 Å². The molecule has 5 nitrogen and oxygen atoms in total. The monoisotopic (exact) mass is 441 g/mol. The third-order valence-corrected chi connectivity index (χ3v) is 4.39. The Morgan fingerprint density at radius 3 is 2.41 bits per heavy atom. The molecule has 3 rings (SSSR count). The van der Waals surface area contributed by atoms with E-state index in [1.807, 2.05) is 13.8 Å². The molecule has 154 valence electrons. The van der Waals surface area contributed by atoms with Crippen LogP contribution in [0.5, 0.6) is 5.75 Å². The molecule has 9 heteroatoms. The van der Waals surface area contributed by atoms with Crippen molar-refractivity contribution in [2.75, 3.05) is 0 Å². The summed E-state index contributed by atoms with van der Waals surface area (Å²) in [6.07, 6.45) is 2.42. The summed E-state index contributed by atoms with van der Waals surface area (Å²) in [5.74, 6) is -1.57. The maximum atomic E-state index is 13.7. The fourth-order valence-corrected chi connectivity index (χ4v) is 2.86. The molecular formula is C20H19Cl2F2N3O2. The molecule has 0 aromatic carbocycles. The van der Waals surface area contributed by atoms with Crippen molar-refractivity contribution in [2.24, 2.45) is 0 Å². The van der Waals surface area contributed by atoms with Gasteiger partial charge in [0.15, 0.2) is 5.82 Å². The number of halogens is 4. The highest BCUT2D eigenvalue weighted by Crippen LogP contribution is 2.26. The molecule has 0 unspecified atom stereocenters. The van der Waals surface area contributed by atoms with Gasteiger partial charge in [-0.2, -0.15) is 0 Å². The van der Waals surface area contributed by atoms with E-state index in [9.17, 15) is 13.6 Å². The molecule has 0 saturated carbocycles. The molecule has 0 spiro atoms. The van der Waals surface area contributed by atoms with E-state index in [4.69, 9.17) is 27.9 Å². The van der Waals surface area contributed by atoms with Crippen LogP contribution in [0, 0.1) is 25.5 Å². The number of aryl methyl sites for hydroxylation is 2. The molecule has 0 radical (unpaired) electrons. The number of rotatable bonds is 4. The molecule has 0 saturated heterocycles. The van der Waals surface area contributed by atoms with Gasteiger partial charge in [0, 0.05) is 24.0 Å². The minimum Gasteiger partial charge on any atom is -0.485 e. The molecule has 0 aliphatic carbocycles. The Morgan fingerprint density at radius 1 is 1.07 bits per heavy atom. The van der Waals surface area contributed by atoms with Gasteiger partial charge in [0.25, 0.3) is 5.56 Å². The van der Waals surface area contributed by atoms with E-state index in [1.165, 1.54) is 4.57 Å². The van der Waals surface area contributed by atoms with Gasteiger partial charge in [-0.15, -0.1) is 0 Å². The van der Waals surface area contributed by atoms with Gasteiger partial charge in [0.2, 0.25) is 0 Å². The van der Waals surface area contributed by atoms with Crippen LogP contribution in [0.4, 0.5) is 8.78 Å². The van der Waals surface area contributed by atoms with Crippen molar-refractivity contribution in [3.05, 3.63) is 79.7 Å².